The summed E-state index contributed by atoms with van der Waals surface area (Å²) in [7, 11) is 0. The van der Waals surface area contributed by atoms with Crippen LogP contribution in [-0.4, -0.2) is 53.2 Å². The molecule has 1 fully saturated rings. The largest absolute Gasteiger partial charge is 0.389 e. The number of benzene rings is 1. The Balaban J connectivity index is 1.87. The average Bonchev–Trinajstić information content (AvgIpc) is 2.34. The van der Waals surface area contributed by atoms with E-state index in [0.29, 0.717) is 0 Å². The van der Waals surface area contributed by atoms with Gasteiger partial charge in [0.25, 0.3) is 0 Å². The second kappa shape index (κ2) is 6.25. The van der Waals surface area contributed by atoms with Crippen LogP contribution in [0.1, 0.15) is 30.5 Å². The zero-order valence-corrected chi connectivity index (χ0v) is 13.3. The van der Waals surface area contributed by atoms with Gasteiger partial charge >= 0.3 is 0 Å². The normalized spacial score (nSPS) is 18.4. The lowest BCUT2D eigenvalue weighted by molar-refractivity contribution is 0.0166. The van der Waals surface area contributed by atoms with Crippen LogP contribution in [0.4, 0.5) is 0 Å². The van der Waals surface area contributed by atoms with Crippen molar-refractivity contribution >= 4 is 0 Å². The van der Waals surface area contributed by atoms with Crippen LogP contribution in [0.5, 0.6) is 0 Å². The molecule has 1 aromatic rings. The first-order valence-electron chi connectivity index (χ1n) is 7.57. The molecule has 1 heterocycles. The highest BCUT2D eigenvalue weighted by atomic mass is 16.3. The monoisotopic (exact) mass is 276 g/mol. The van der Waals surface area contributed by atoms with Gasteiger partial charge in [0.15, 0.2) is 0 Å². The smallest absolute Gasteiger partial charge is 0.0718 e. The first kappa shape index (κ1) is 15.5. The summed E-state index contributed by atoms with van der Waals surface area (Å²) >= 11 is 0. The molecule has 0 atom stereocenters. The SMILES string of the molecule is Cc1ccc(C)c(CN2CCN(CC(C)(C)O)CC2)c1. The van der Waals surface area contributed by atoms with E-state index >= 15 is 0 Å². The first-order chi connectivity index (χ1) is 9.33. The van der Waals surface area contributed by atoms with Crippen LogP contribution in [-0.2, 0) is 6.54 Å². The van der Waals surface area contributed by atoms with Crippen LogP contribution in [0, 0.1) is 13.8 Å². The van der Waals surface area contributed by atoms with Gasteiger partial charge in [-0.2, -0.15) is 0 Å². The average molecular weight is 276 g/mol. The van der Waals surface area contributed by atoms with Gasteiger partial charge in [-0.25, -0.2) is 0 Å². The highest BCUT2D eigenvalue weighted by molar-refractivity contribution is 5.30. The predicted octanol–water partition coefficient (Wildman–Crippen LogP) is 2.19. The molecular formula is C17H28N2O. The highest BCUT2D eigenvalue weighted by Crippen LogP contribution is 2.15. The van der Waals surface area contributed by atoms with Crippen LogP contribution in [0.3, 0.4) is 0 Å². The number of hydrogen-bond acceptors (Lipinski definition) is 3. The number of piperazine rings is 1. The molecule has 1 N–H and O–H groups in total. The number of aryl methyl sites for hydroxylation is 2. The Bertz CT molecular complexity index is 443. The molecule has 0 aromatic heterocycles. The van der Waals surface area contributed by atoms with Gasteiger partial charge < -0.3 is 5.11 Å². The molecule has 1 aliphatic heterocycles. The minimum atomic E-state index is -0.588. The van der Waals surface area contributed by atoms with E-state index in [0.717, 1.165) is 39.3 Å². The Morgan fingerprint density at radius 1 is 1.05 bits per heavy atom. The third-order valence-electron chi connectivity index (χ3n) is 3.97. The van der Waals surface area contributed by atoms with E-state index in [9.17, 15) is 5.11 Å². The lowest BCUT2D eigenvalue weighted by Crippen LogP contribution is -2.50. The van der Waals surface area contributed by atoms with E-state index in [4.69, 9.17) is 0 Å². The van der Waals surface area contributed by atoms with Crippen LogP contribution < -0.4 is 0 Å². The third kappa shape index (κ3) is 4.58. The van der Waals surface area contributed by atoms with Crippen molar-refractivity contribution in [2.45, 2.75) is 39.8 Å². The second-order valence-electron chi connectivity index (χ2n) is 6.79. The number of aliphatic hydroxyl groups is 1. The van der Waals surface area contributed by atoms with Crippen LogP contribution in [0.15, 0.2) is 18.2 Å². The van der Waals surface area contributed by atoms with Crippen molar-refractivity contribution in [1.82, 2.24) is 9.80 Å². The van der Waals surface area contributed by atoms with Crippen molar-refractivity contribution < 1.29 is 5.11 Å². The van der Waals surface area contributed by atoms with Crippen molar-refractivity contribution in [3.63, 3.8) is 0 Å². The molecule has 0 amide bonds. The summed E-state index contributed by atoms with van der Waals surface area (Å²) < 4.78 is 0. The van der Waals surface area contributed by atoms with Crippen LogP contribution in [0.25, 0.3) is 0 Å². The molecule has 1 saturated heterocycles. The number of rotatable bonds is 4. The van der Waals surface area contributed by atoms with Gasteiger partial charge in [-0.3, -0.25) is 9.80 Å². The van der Waals surface area contributed by atoms with E-state index in [-0.39, 0.29) is 0 Å². The van der Waals surface area contributed by atoms with E-state index in [1.807, 2.05) is 13.8 Å². The van der Waals surface area contributed by atoms with Crippen molar-refractivity contribution in [3.8, 4) is 0 Å². The molecule has 0 aliphatic carbocycles. The molecular weight excluding hydrogens is 248 g/mol. The summed E-state index contributed by atoms with van der Waals surface area (Å²) in [6, 6.07) is 6.70. The minimum absolute atomic E-state index is 0.588. The minimum Gasteiger partial charge on any atom is -0.389 e. The Kier molecular flexibility index (Phi) is 4.84. The van der Waals surface area contributed by atoms with E-state index in [2.05, 4.69) is 41.8 Å². The van der Waals surface area contributed by atoms with Crippen molar-refractivity contribution in [2.75, 3.05) is 32.7 Å². The molecule has 1 aromatic carbocycles. The lowest BCUT2D eigenvalue weighted by Gasteiger charge is -2.37. The fourth-order valence-corrected chi connectivity index (χ4v) is 2.86. The number of β-amino-alcohol motifs (C(OH)–C–C–N with tert-alkyl or cyclic N) is 1. The Morgan fingerprint density at radius 2 is 1.65 bits per heavy atom. The number of hydrogen-bond donors (Lipinski definition) is 1. The van der Waals surface area contributed by atoms with Gasteiger partial charge in [-0.15, -0.1) is 0 Å². The fourth-order valence-electron chi connectivity index (χ4n) is 2.86. The van der Waals surface area contributed by atoms with Crippen molar-refractivity contribution in [3.05, 3.63) is 34.9 Å². The Morgan fingerprint density at radius 3 is 2.25 bits per heavy atom. The number of nitrogens with zero attached hydrogens (tertiary/aromatic N) is 2. The Labute approximate surface area is 123 Å². The molecule has 0 radical (unpaired) electrons. The summed E-state index contributed by atoms with van der Waals surface area (Å²) in [6.45, 7) is 14.2. The molecule has 20 heavy (non-hydrogen) atoms. The topological polar surface area (TPSA) is 26.7 Å². The van der Waals surface area contributed by atoms with E-state index < -0.39 is 5.60 Å². The molecule has 3 nitrogen and oxygen atoms in total. The summed E-state index contributed by atoms with van der Waals surface area (Å²) in [4.78, 5) is 4.88. The van der Waals surface area contributed by atoms with Crippen molar-refractivity contribution in [2.24, 2.45) is 0 Å². The fraction of sp³-hybridized carbons (Fsp3) is 0.647. The van der Waals surface area contributed by atoms with Gasteiger partial charge in [0.05, 0.1) is 5.60 Å². The summed E-state index contributed by atoms with van der Waals surface area (Å²) in [6.07, 6.45) is 0. The van der Waals surface area contributed by atoms with E-state index in [1.165, 1.54) is 16.7 Å². The zero-order valence-electron chi connectivity index (χ0n) is 13.3. The van der Waals surface area contributed by atoms with Gasteiger partial charge in [-0.05, 0) is 38.8 Å². The molecule has 112 valence electrons. The molecule has 3 heteroatoms. The molecule has 1 aliphatic rings. The van der Waals surface area contributed by atoms with Crippen LogP contribution in [0.2, 0.25) is 0 Å². The lowest BCUT2D eigenvalue weighted by atomic mass is 10.0. The first-order valence-corrected chi connectivity index (χ1v) is 7.57. The third-order valence-corrected chi connectivity index (χ3v) is 3.97. The maximum atomic E-state index is 9.88. The Hall–Kier alpha value is -0.900. The van der Waals surface area contributed by atoms with Gasteiger partial charge in [-0.1, -0.05) is 23.8 Å². The summed E-state index contributed by atoms with van der Waals surface area (Å²) in [5.74, 6) is 0. The van der Waals surface area contributed by atoms with Crippen LogP contribution >= 0.6 is 0 Å². The highest BCUT2D eigenvalue weighted by Gasteiger charge is 2.22. The van der Waals surface area contributed by atoms with Gasteiger partial charge in [0, 0.05) is 39.3 Å². The maximum absolute atomic E-state index is 9.88. The quantitative estimate of drug-likeness (QED) is 0.913. The van der Waals surface area contributed by atoms with Gasteiger partial charge in [0.2, 0.25) is 0 Å². The van der Waals surface area contributed by atoms with Crippen molar-refractivity contribution in [1.29, 1.82) is 0 Å². The molecule has 0 bridgehead atoms. The second-order valence-corrected chi connectivity index (χ2v) is 6.79. The molecule has 0 unspecified atom stereocenters. The molecule has 0 spiro atoms. The maximum Gasteiger partial charge on any atom is 0.0718 e. The zero-order chi connectivity index (χ0) is 14.8. The van der Waals surface area contributed by atoms with E-state index in [1.54, 1.807) is 0 Å². The standard InChI is InChI=1S/C17H28N2O/c1-14-5-6-15(2)16(11-14)12-18-7-9-19(10-8-18)13-17(3,4)20/h5-6,11,20H,7-10,12-13H2,1-4H3. The summed E-state index contributed by atoms with van der Waals surface area (Å²) in [5.41, 5.74) is 3.58. The summed E-state index contributed by atoms with van der Waals surface area (Å²) in [5, 5.41) is 9.88. The van der Waals surface area contributed by atoms with Gasteiger partial charge in [0.1, 0.15) is 0 Å². The predicted molar refractivity (Wildman–Crippen MR) is 83.9 cm³/mol. The molecule has 2 rings (SSSR count). The molecule has 0 saturated carbocycles.